The first-order chi connectivity index (χ1) is 14.7. The number of unbranched alkanes of at least 4 members (excludes halogenated alkanes) is 13. The fourth-order valence-electron chi connectivity index (χ4n) is 3.98. The van der Waals surface area contributed by atoms with E-state index in [4.69, 9.17) is 9.47 Å². The molecular weight excluding hydrogens is 380 g/mol. The van der Waals surface area contributed by atoms with Crippen LogP contribution in [0.1, 0.15) is 103 Å². The molecule has 0 spiro atoms. The maximum Gasteiger partial charge on any atom is 0.114 e. The van der Waals surface area contributed by atoms with Crippen LogP contribution in [0.25, 0.3) is 0 Å². The van der Waals surface area contributed by atoms with Gasteiger partial charge in [-0.15, -0.1) is 0 Å². The molecule has 0 radical (unpaired) electrons. The van der Waals surface area contributed by atoms with E-state index >= 15 is 0 Å². The van der Waals surface area contributed by atoms with E-state index < -0.39 is 24.4 Å². The summed E-state index contributed by atoms with van der Waals surface area (Å²) in [5, 5.41) is 29.0. The van der Waals surface area contributed by atoms with E-state index in [0.717, 1.165) is 19.3 Å². The highest BCUT2D eigenvalue weighted by Crippen LogP contribution is 2.19. The fraction of sp³-hybridized carbons (Fsp3) is 0.920. The second-order valence-electron chi connectivity index (χ2n) is 8.74. The highest BCUT2D eigenvalue weighted by Gasteiger charge is 2.39. The van der Waals surface area contributed by atoms with Crippen LogP contribution in [0, 0.1) is 0 Å². The van der Waals surface area contributed by atoms with E-state index in [0.29, 0.717) is 6.61 Å². The van der Waals surface area contributed by atoms with Crippen molar-refractivity contribution in [2.75, 3.05) is 19.8 Å². The Bertz CT molecular complexity index is 399. The molecule has 1 heterocycles. The SMILES string of the molecule is CCCCCCCCCCCCCC/C=C/CCCO[C@@H]1[C@@H](O)[C@H](O)CO[C@H]1CO. The Morgan fingerprint density at radius 1 is 0.800 bits per heavy atom. The van der Waals surface area contributed by atoms with Gasteiger partial charge in [0.1, 0.15) is 24.4 Å². The Morgan fingerprint density at radius 2 is 1.33 bits per heavy atom. The molecule has 1 aliphatic rings. The summed E-state index contributed by atoms with van der Waals surface area (Å²) in [6.07, 6.45) is 20.8. The van der Waals surface area contributed by atoms with Gasteiger partial charge in [-0.3, -0.25) is 0 Å². The standard InChI is InChI=1S/C25H48O5/c1-2-3-4-5-6-7-8-9-10-11-12-13-14-15-16-17-18-19-29-25-23(20-26)30-21-22(27)24(25)28/h15-16,22-28H,2-14,17-21H2,1H3/b16-15+/t22-,23+,24+,25+/m1/s1. The zero-order valence-corrected chi connectivity index (χ0v) is 19.4. The van der Waals surface area contributed by atoms with Gasteiger partial charge in [-0.05, 0) is 25.7 Å². The van der Waals surface area contributed by atoms with Crippen molar-refractivity contribution in [2.45, 2.75) is 128 Å². The second kappa shape index (κ2) is 19.2. The Hall–Kier alpha value is -0.460. The maximum absolute atomic E-state index is 10.0. The molecule has 0 bridgehead atoms. The van der Waals surface area contributed by atoms with Gasteiger partial charge in [-0.25, -0.2) is 0 Å². The third-order valence-electron chi connectivity index (χ3n) is 5.97. The number of aliphatic hydroxyl groups excluding tert-OH is 3. The molecule has 30 heavy (non-hydrogen) atoms. The Labute approximate surface area is 184 Å². The van der Waals surface area contributed by atoms with Gasteiger partial charge in [0.25, 0.3) is 0 Å². The van der Waals surface area contributed by atoms with Crippen LogP contribution < -0.4 is 0 Å². The number of ether oxygens (including phenoxy) is 2. The van der Waals surface area contributed by atoms with Crippen LogP contribution in [-0.4, -0.2) is 59.6 Å². The van der Waals surface area contributed by atoms with Crippen LogP contribution in [0.3, 0.4) is 0 Å². The third kappa shape index (κ3) is 13.1. The lowest BCUT2D eigenvalue weighted by Gasteiger charge is -2.37. The van der Waals surface area contributed by atoms with Gasteiger partial charge in [-0.2, -0.15) is 0 Å². The fourth-order valence-corrected chi connectivity index (χ4v) is 3.98. The van der Waals surface area contributed by atoms with Crippen molar-refractivity contribution in [3.05, 3.63) is 12.2 Å². The van der Waals surface area contributed by atoms with Crippen molar-refractivity contribution >= 4 is 0 Å². The van der Waals surface area contributed by atoms with Gasteiger partial charge in [0.2, 0.25) is 0 Å². The summed E-state index contributed by atoms with van der Waals surface area (Å²) in [6.45, 7) is 2.58. The topological polar surface area (TPSA) is 79.2 Å². The number of hydrogen-bond acceptors (Lipinski definition) is 5. The first kappa shape index (κ1) is 27.6. The Morgan fingerprint density at radius 3 is 1.90 bits per heavy atom. The van der Waals surface area contributed by atoms with Crippen molar-refractivity contribution in [1.82, 2.24) is 0 Å². The molecule has 0 unspecified atom stereocenters. The van der Waals surface area contributed by atoms with Crippen LogP contribution in [0.5, 0.6) is 0 Å². The molecule has 0 aromatic carbocycles. The molecular formula is C25H48O5. The molecule has 0 amide bonds. The summed E-state index contributed by atoms with van der Waals surface area (Å²) < 4.78 is 11.0. The molecule has 1 rings (SSSR count). The molecule has 0 aliphatic carbocycles. The summed E-state index contributed by atoms with van der Waals surface area (Å²) in [4.78, 5) is 0. The minimum absolute atomic E-state index is 0.0358. The summed E-state index contributed by atoms with van der Waals surface area (Å²) in [6, 6.07) is 0. The summed E-state index contributed by atoms with van der Waals surface area (Å²) >= 11 is 0. The molecule has 178 valence electrons. The van der Waals surface area contributed by atoms with Crippen LogP contribution in [0.4, 0.5) is 0 Å². The van der Waals surface area contributed by atoms with Crippen molar-refractivity contribution < 1.29 is 24.8 Å². The highest BCUT2D eigenvalue weighted by molar-refractivity contribution is 4.88. The number of rotatable bonds is 19. The lowest BCUT2D eigenvalue weighted by Crippen LogP contribution is -2.55. The van der Waals surface area contributed by atoms with E-state index in [9.17, 15) is 15.3 Å². The number of hydrogen-bond donors (Lipinski definition) is 3. The zero-order valence-electron chi connectivity index (χ0n) is 19.4. The van der Waals surface area contributed by atoms with Crippen molar-refractivity contribution in [3.63, 3.8) is 0 Å². The van der Waals surface area contributed by atoms with Crippen molar-refractivity contribution in [1.29, 1.82) is 0 Å². The monoisotopic (exact) mass is 428 g/mol. The van der Waals surface area contributed by atoms with Gasteiger partial charge in [0.15, 0.2) is 0 Å². The minimum atomic E-state index is -1.00. The summed E-state index contributed by atoms with van der Waals surface area (Å²) in [7, 11) is 0. The van der Waals surface area contributed by atoms with E-state index in [1.165, 1.54) is 77.0 Å². The van der Waals surface area contributed by atoms with Crippen LogP contribution >= 0.6 is 0 Å². The zero-order chi connectivity index (χ0) is 21.9. The average Bonchev–Trinajstić information content (AvgIpc) is 2.75. The lowest BCUT2D eigenvalue weighted by molar-refractivity contribution is -0.211. The van der Waals surface area contributed by atoms with Gasteiger partial charge in [0.05, 0.1) is 13.2 Å². The molecule has 5 heteroatoms. The van der Waals surface area contributed by atoms with Crippen molar-refractivity contribution in [2.24, 2.45) is 0 Å². The molecule has 5 nitrogen and oxygen atoms in total. The molecule has 0 aromatic rings. The predicted octanol–water partition coefficient (Wildman–Crippen LogP) is 4.91. The van der Waals surface area contributed by atoms with E-state index in [1.807, 2.05) is 0 Å². The maximum atomic E-state index is 10.0. The van der Waals surface area contributed by atoms with Gasteiger partial charge in [0, 0.05) is 6.61 Å². The molecule has 0 saturated carbocycles. The van der Waals surface area contributed by atoms with Gasteiger partial charge >= 0.3 is 0 Å². The first-order valence-corrected chi connectivity index (χ1v) is 12.6. The van der Waals surface area contributed by atoms with E-state index in [2.05, 4.69) is 19.1 Å². The first-order valence-electron chi connectivity index (χ1n) is 12.6. The van der Waals surface area contributed by atoms with Crippen LogP contribution in [0.2, 0.25) is 0 Å². The summed E-state index contributed by atoms with van der Waals surface area (Å²) in [5.41, 5.74) is 0. The van der Waals surface area contributed by atoms with E-state index in [-0.39, 0.29) is 13.2 Å². The molecule has 4 atom stereocenters. The normalized spacial score (nSPS) is 24.7. The summed E-state index contributed by atoms with van der Waals surface area (Å²) in [5.74, 6) is 0. The van der Waals surface area contributed by atoms with Gasteiger partial charge < -0.3 is 24.8 Å². The Balaban J connectivity index is 1.87. The predicted molar refractivity (Wildman–Crippen MR) is 123 cm³/mol. The lowest BCUT2D eigenvalue weighted by atomic mass is 10.0. The quantitative estimate of drug-likeness (QED) is 0.201. The van der Waals surface area contributed by atoms with Crippen molar-refractivity contribution in [3.8, 4) is 0 Å². The molecule has 1 saturated heterocycles. The number of allylic oxidation sites excluding steroid dienone is 2. The second-order valence-corrected chi connectivity index (χ2v) is 8.74. The average molecular weight is 429 g/mol. The molecule has 3 N–H and O–H groups in total. The smallest absolute Gasteiger partial charge is 0.114 e. The Kier molecular flexibility index (Phi) is 17.7. The minimum Gasteiger partial charge on any atom is -0.394 e. The molecule has 1 aliphatic heterocycles. The van der Waals surface area contributed by atoms with Crippen LogP contribution in [-0.2, 0) is 9.47 Å². The highest BCUT2D eigenvalue weighted by atomic mass is 16.6. The molecule has 1 fully saturated rings. The third-order valence-corrected chi connectivity index (χ3v) is 5.97. The van der Waals surface area contributed by atoms with Crippen LogP contribution in [0.15, 0.2) is 12.2 Å². The number of aliphatic hydroxyl groups is 3. The van der Waals surface area contributed by atoms with Gasteiger partial charge in [-0.1, -0.05) is 89.7 Å². The molecule has 0 aromatic heterocycles. The largest absolute Gasteiger partial charge is 0.394 e. The van der Waals surface area contributed by atoms with E-state index in [1.54, 1.807) is 0 Å².